The van der Waals surface area contributed by atoms with Gasteiger partial charge in [0.1, 0.15) is 0 Å². The highest BCUT2D eigenvalue weighted by Gasteiger charge is 2.29. The lowest BCUT2D eigenvalue weighted by Gasteiger charge is -2.13. The lowest BCUT2D eigenvalue weighted by atomic mass is 10.1. The molecule has 2 aromatic carbocycles. The van der Waals surface area contributed by atoms with E-state index in [1.807, 2.05) is 0 Å². The first-order chi connectivity index (χ1) is 16.7. The minimum atomic E-state index is -0.480. The summed E-state index contributed by atoms with van der Waals surface area (Å²) in [5, 5.41) is 5.65. The summed E-state index contributed by atoms with van der Waals surface area (Å²) in [6.07, 6.45) is 1.47. The average molecular weight is 481 g/mol. The van der Waals surface area contributed by atoms with Crippen LogP contribution in [-0.4, -0.2) is 50.0 Å². The Hall–Kier alpha value is -4.14. The van der Waals surface area contributed by atoms with Gasteiger partial charge in [-0.1, -0.05) is 6.07 Å². The van der Waals surface area contributed by atoms with Gasteiger partial charge in [-0.15, -0.1) is 0 Å². The van der Waals surface area contributed by atoms with Gasteiger partial charge in [0.2, 0.25) is 0 Å². The van der Waals surface area contributed by atoms with E-state index in [1.165, 1.54) is 12.1 Å². The van der Waals surface area contributed by atoms with Crippen molar-refractivity contribution >= 4 is 35.3 Å². The van der Waals surface area contributed by atoms with Crippen molar-refractivity contribution in [2.45, 2.75) is 33.8 Å². The van der Waals surface area contributed by atoms with Crippen LogP contribution in [0.5, 0.6) is 11.5 Å². The van der Waals surface area contributed by atoms with E-state index in [0.29, 0.717) is 39.6 Å². The number of nitrogens with zero attached hydrogens (tertiary/aromatic N) is 2. The van der Waals surface area contributed by atoms with Gasteiger partial charge in [-0.25, -0.2) is 9.59 Å². The number of esters is 2. The number of hydrogen-bond acceptors (Lipinski definition) is 8. The van der Waals surface area contributed by atoms with Gasteiger partial charge in [0.15, 0.2) is 18.1 Å². The number of hydrogen-bond donors (Lipinski definition) is 0. The molecule has 3 rings (SSSR count). The molecule has 184 valence electrons. The van der Waals surface area contributed by atoms with Crippen LogP contribution in [0.15, 0.2) is 53.1 Å². The Kier molecular flexibility index (Phi) is 8.25. The number of rotatable bonds is 9. The summed E-state index contributed by atoms with van der Waals surface area (Å²) in [4.78, 5) is 36.7. The van der Waals surface area contributed by atoms with Gasteiger partial charge in [0.25, 0.3) is 5.91 Å². The Morgan fingerprint density at radius 3 is 2.43 bits per heavy atom. The molecule has 1 amide bonds. The maximum atomic E-state index is 13.1. The molecule has 0 N–H and O–H groups in total. The van der Waals surface area contributed by atoms with E-state index in [2.05, 4.69) is 5.10 Å². The highest BCUT2D eigenvalue weighted by Crippen LogP contribution is 2.31. The van der Waals surface area contributed by atoms with Crippen molar-refractivity contribution in [3.05, 3.63) is 59.2 Å². The van der Waals surface area contributed by atoms with Crippen LogP contribution in [0, 0.1) is 0 Å². The van der Waals surface area contributed by atoms with Crippen LogP contribution in [0.3, 0.4) is 0 Å². The lowest BCUT2D eigenvalue weighted by Crippen LogP contribution is -2.21. The van der Waals surface area contributed by atoms with Crippen molar-refractivity contribution in [1.29, 1.82) is 0 Å². The van der Waals surface area contributed by atoms with Crippen LogP contribution in [0.4, 0.5) is 5.69 Å². The highest BCUT2D eigenvalue weighted by atomic mass is 16.6. The predicted octanol–water partition coefficient (Wildman–Crippen LogP) is 4.01. The van der Waals surface area contributed by atoms with Gasteiger partial charge in [0, 0.05) is 0 Å². The Bertz CT molecular complexity index is 1170. The molecule has 0 unspecified atom stereocenters. The number of ether oxygens (including phenoxy) is 4. The summed E-state index contributed by atoms with van der Waals surface area (Å²) in [5.74, 6) is -0.427. The molecule has 0 aliphatic carbocycles. The quantitative estimate of drug-likeness (QED) is 0.395. The number of methoxy groups -OCH3 is 1. The van der Waals surface area contributed by atoms with Crippen LogP contribution in [0.25, 0.3) is 6.08 Å². The smallest absolute Gasteiger partial charge is 0.344 e. The first kappa shape index (κ1) is 25.5. The molecule has 0 bridgehead atoms. The monoisotopic (exact) mass is 480 g/mol. The number of benzene rings is 2. The average Bonchev–Trinajstić information content (AvgIpc) is 3.11. The van der Waals surface area contributed by atoms with Gasteiger partial charge in [-0.3, -0.25) is 4.79 Å². The van der Waals surface area contributed by atoms with Gasteiger partial charge < -0.3 is 18.9 Å². The van der Waals surface area contributed by atoms with Crippen LogP contribution in [-0.2, 0) is 19.1 Å². The number of amides is 1. The number of carbonyl (C=O) groups excluding carboxylic acids is 3. The molecule has 0 atom stereocenters. The Morgan fingerprint density at radius 1 is 1.09 bits per heavy atom. The van der Waals surface area contributed by atoms with Gasteiger partial charge in [-0.2, -0.15) is 10.1 Å². The van der Waals surface area contributed by atoms with E-state index in [1.54, 1.807) is 76.2 Å². The zero-order valence-electron chi connectivity index (χ0n) is 20.4. The minimum absolute atomic E-state index is 0.231. The summed E-state index contributed by atoms with van der Waals surface area (Å²) in [7, 11) is 1.49. The van der Waals surface area contributed by atoms with E-state index < -0.39 is 11.9 Å². The van der Waals surface area contributed by atoms with Crippen molar-refractivity contribution in [1.82, 2.24) is 0 Å². The number of hydrazone groups is 1. The summed E-state index contributed by atoms with van der Waals surface area (Å²) in [5.41, 5.74) is 2.57. The minimum Gasteiger partial charge on any atom is -0.493 e. The highest BCUT2D eigenvalue weighted by molar-refractivity contribution is 6.32. The normalized spacial score (nSPS) is 14.2. The van der Waals surface area contributed by atoms with E-state index in [9.17, 15) is 14.4 Å². The molecule has 1 aliphatic rings. The standard InChI is InChI=1S/C26H28N2O7/c1-6-33-26(31)19-8-10-20(11-9-19)28-25(30)21(17(4)27-28)13-18-7-12-22(23(14-18)32-5)34-15-24(29)35-16(2)3/h7-14,16H,6,15H2,1-5H3/b21-13+. The van der Waals surface area contributed by atoms with Crippen LogP contribution in [0.2, 0.25) is 0 Å². The molecular weight excluding hydrogens is 452 g/mol. The molecule has 0 radical (unpaired) electrons. The fourth-order valence-electron chi connectivity index (χ4n) is 3.31. The largest absolute Gasteiger partial charge is 0.493 e. The molecule has 2 aromatic rings. The fourth-order valence-corrected chi connectivity index (χ4v) is 3.31. The Balaban J connectivity index is 1.76. The second kappa shape index (κ2) is 11.3. The molecule has 0 saturated carbocycles. The molecule has 0 saturated heterocycles. The van der Waals surface area contributed by atoms with Gasteiger partial charge >= 0.3 is 11.9 Å². The SMILES string of the molecule is CCOC(=O)c1ccc(N2N=C(C)/C(=C\c3ccc(OCC(=O)OC(C)C)c(OC)c3)C2=O)cc1. The summed E-state index contributed by atoms with van der Waals surface area (Å²) >= 11 is 0. The second-order valence-corrected chi connectivity index (χ2v) is 7.87. The Morgan fingerprint density at radius 2 is 1.80 bits per heavy atom. The molecule has 9 heteroatoms. The molecule has 1 aliphatic heterocycles. The molecule has 0 spiro atoms. The summed E-state index contributed by atoms with van der Waals surface area (Å²) < 4.78 is 21.0. The third-order valence-electron chi connectivity index (χ3n) is 4.90. The Labute approximate surface area is 203 Å². The van der Waals surface area contributed by atoms with E-state index in [4.69, 9.17) is 18.9 Å². The molecule has 0 aromatic heterocycles. The first-order valence-corrected chi connectivity index (χ1v) is 11.1. The van der Waals surface area contributed by atoms with Gasteiger partial charge in [-0.05, 0) is 75.7 Å². The lowest BCUT2D eigenvalue weighted by molar-refractivity contribution is -0.149. The second-order valence-electron chi connectivity index (χ2n) is 7.87. The molecule has 1 heterocycles. The van der Waals surface area contributed by atoms with Crippen molar-refractivity contribution in [3.63, 3.8) is 0 Å². The number of carbonyl (C=O) groups is 3. The van der Waals surface area contributed by atoms with E-state index >= 15 is 0 Å². The van der Waals surface area contributed by atoms with Gasteiger partial charge in [0.05, 0.1) is 42.4 Å². The van der Waals surface area contributed by atoms with Crippen LogP contribution >= 0.6 is 0 Å². The third kappa shape index (κ3) is 6.26. The topological polar surface area (TPSA) is 104 Å². The van der Waals surface area contributed by atoms with Crippen molar-refractivity contribution in [2.24, 2.45) is 5.10 Å². The number of anilines is 1. The maximum Gasteiger partial charge on any atom is 0.344 e. The van der Waals surface area contributed by atoms with E-state index in [0.717, 1.165) is 0 Å². The van der Waals surface area contributed by atoms with Crippen molar-refractivity contribution < 1.29 is 33.3 Å². The molecular formula is C26H28N2O7. The maximum absolute atomic E-state index is 13.1. The first-order valence-electron chi connectivity index (χ1n) is 11.1. The van der Waals surface area contributed by atoms with E-state index in [-0.39, 0.29) is 25.2 Å². The summed E-state index contributed by atoms with van der Waals surface area (Å²) in [6, 6.07) is 11.6. The molecule has 9 nitrogen and oxygen atoms in total. The van der Waals surface area contributed by atoms with Crippen LogP contribution < -0.4 is 14.5 Å². The zero-order chi connectivity index (χ0) is 25.5. The fraction of sp³-hybridized carbons (Fsp3) is 0.308. The predicted molar refractivity (Wildman–Crippen MR) is 131 cm³/mol. The summed E-state index contributed by atoms with van der Waals surface area (Å²) in [6.45, 7) is 7.03. The third-order valence-corrected chi connectivity index (χ3v) is 4.90. The molecule has 0 fully saturated rings. The zero-order valence-corrected chi connectivity index (χ0v) is 20.4. The molecule has 35 heavy (non-hydrogen) atoms. The van der Waals surface area contributed by atoms with Crippen molar-refractivity contribution in [2.75, 3.05) is 25.3 Å². The van der Waals surface area contributed by atoms with Crippen LogP contribution in [0.1, 0.15) is 43.6 Å². The van der Waals surface area contributed by atoms with Crippen molar-refractivity contribution in [3.8, 4) is 11.5 Å².